The number of nitro benzene ring substituents is 1. The third kappa shape index (κ3) is 3.86. The second-order valence-electron chi connectivity index (χ2n) is 4.49. The van der Waals surface area contributed by atoms with E-state index in [1.807, 2.05) is 30.3 Å². The smallest absolute Gasteiger partial charge is 0.292 e. The summed E-state index contributed by atoms with van der Waals surface area (Å²) < 4.78 is 5.62. The zero-order valence-electron chi connectivity index (χ0n) is 12.0. The molecule has 0 saturated heterocycles. The van der Waals surface area contributed by atoms with Gasteiger partial charge in [-0.25, -0.2) is 0 Å². The fourth-order valence-corrected chi connectivity index (χ4v) is 1.94. The Bertz CT molecular complexity index is 634. The molecule has 2 rings (SSSR count). The molecule has 0 heterocycles. The van der Waals surface area contributed by atoms with Crippen molar-refractivity contribution in [2.24, 2.45) is 0 Å². The van der Waals surface area contributed by atoms with Gasteiger partial charge in [-0.15, -0.1) is 0 Å². The molecule has 0 spiro atoms. The summed E-state index contributed by atoms with van der Waals surface area (Å²) in [5.41, 5.74) is 1.11. The van der Waals surface area contributed by atoms with Crippen LogP contribution in [0.15, 0.2) is 48.5 Å². The first kappa shape index (κ1) is 15.6. The summed E-state index contributed by atoms with van der Waals surface area (Å²) in [6.07, 6.45) is -0.659. The molecule has 0 aromatic heterocycles. The summed E-state index contributed by atoms with van der Waals surface area (Å²) >= 11 is 0. The van der Waals surface area contributed by atoms with Crippen molar-refractivity contribution in [3.8, 4) is 5.75 Å². The first-order chi connectivity index (χ1) is 10.6. The number of aliphatic hydroxyl groups is 1. The highest BCUT2D eigenvalue weighted by atomic mass is 16.6. The fourth-order valence-electron chi connectivity index (χ4n) is 1.94. The fraction of sp³-hybridized carbons (Fsp3) is 0.200. The highest BCUT2D eigenvalue weighted by Crippen LogP contribution is 2.29. The number of aliphatic hydroxyl groups excluding tert-OH is 1. The van der Waals surface area contributed by atoms with E-state index in [0.717, 1.165) is 5.69 Å². The minimum absolute atomic E-state index is 0.0357. The summed E-state index contributed by atoms with van der Waals surface area (Å²) in [5, 5.41) is 26.1. The summed E-state index contributed by atoms with van der Waals surface area (Å²) in [6.45, 7) is -0.249. The molecule has 0 bridgehead atoms. The lowest BCUT2D eigenvalue weighted by Crippen LogP contribution is -2.30. The molecule has 116 valence electrons. The molecule has 2 aromatic rings. The van der Waals surface area contributed by atoms with Crippen molar-refractivity contribution in [1.29, 1.82) is 0 Å². The van der Waals surface area contributed by atoms with Gasteiger partial charge in [-0.05, 0) is 18.2 Å². The SMILES string of the molecule is CNc1cc(OC(CO)Nc2ccccc2)ccc1[N+](=O)[O-]. The van der Waals surface area contributed by atoms with Crippen LogP contribution in [0.4, 0.5) is 17.1 Å². The van der Waals surface area contributed by atoms with E-state index in [2.05, 4.69) is 10.6 Å². The number of hydrogen-bond acceptors (Lipinski definition) is 6. The molecule has 0 aliphatic rings. The average molecular weight is 303 g/mol. The van der Waals surface area contributed by atoms with Gasteiger partial charge in [0.25, 0.3) is 5.69 Å². The first-order valence-corrected chi connectivity index (χ1v) is 6.69. The van der Waals surface area contributed by atoms with E-state index in [-0.39, 0.29) is 12.3 Å². The van der Waals surface area contributed by atoms with E-state index in [4.69, 9.17) is 4.74 Å². The van der Waals surface area contributed by atoms with Crippen LogP contribution in [0.25, 0.3) is 0 Å². The first-order valence-electron chi connectivity index (χ1n) is 6.69. The number of ether oxygens (including phenoxy) is 1. The molecule has 0 aliphatic carbocycles. The topological polar surface area (TPSA) is 96.7 Å². The maximum absolute atomic E-state index is 10.9. The number of nitrogens with zero attached hydrogens (tertiary/aromatic N) is 1. The summed E-state index contributed by atoms with van der Waals surface area (Å²) in [7, 11) is 1.60. The van der Waals surface area contributed by atoms with Crippen LogP contribution in [0.1, 0.15) is 0 Å². The third-order valence-corrected chi connectivity index (χ3v) is 2.98. The zero-order chi connectivity index (χ0) is 15.9. The minimum atomic E-state index is -0.659. The Balaban J connectivity index is 2.12. The van der Waals surface area contributed by atoms with Crippen molar-refractivity contribution in [3.63, 3.8) is 0 Å². The number of benzene rings is 2. The van der Waals surface area contributed by atoms with Gasteiger partial charge >= 0.3 is 0 Å². The quantitative estimate of drug-likeness (QED) is 0.413. The minimum Gasteiger partial charge on any atom is -0.468 e. The standard InChI is InChI=1S/C15H17N3O4/c1-16-13-9-12(7-8-14(13)18(20)21)22-15(10-19)17-11-5-3-2-4-6-11/h2-9,15-17,19H,10H2,1H3. The van der Waals surface area contributed by atoms with Crippen LogP contribution in [0.5, 0.6) is 5.75 Å². The highest BCUT2D eigenvalue weighted by molar-refractivity contribution is 5.63. The molecule has 0 fully saturated rings. The van der Waals surface area contributed by atoms with E-state index >= 15 is 0 Å². The van der Waals surface area contributed by atoms with Crippen LogP contribution < -0.4 is 15.4 Å². The molecular formula is C15H17N3O4. The van der Waals surface area contributed by atoms with Gasteiger partial charge in [-0.3, -0.25) is 10.1 Å². The lowest BCUT2D eigenvalue weighted by atomic mass is 10.2. The normalized spacial score (nSPS) is 11.5. The Morgan fingerprint density at radius 3 is 2.59 bits per heavy atom. The molecule has 3 N–H and O–H groups in total. The van der Waals surface area contributed by atoms with Gasteiger partial charge in [0.05, 0.1) is 11.5 Å². The van der Waals surface area contributed by atoms with Gasteiger partial charge < -0.3 is 20.5 Å². The molecule has 1 unspecified atom stereocenters. The number of para-hydroxylation sites is 1. The van der Waals surface area contributed by atoms with E-state index < -0.39 is 11.2 Å². The Labute approximate surface area is 127 Å². The van der Waals surface area contributed by atoms with E-state index in [1.54, 1.807) is 7.05 Å². The maximum Gasteiger partial charge on any atom is 0.292 e. The van der Waals surface area contributed by atoms with Crippen LogP contribution in [-0.2, 0) is 0 Å². The Morgan fingerprint density at radius 2 is 2.00 bits per heavy atom. The molecule has 2 aromatic carbocycles. The zero-order valence-corrected chi connectivity index (χ0v) is 12.0. The lowest BCUT2D eigenvalue weighted by Gasteiger charge is -2.19. The van der Waals surface area contributed by atoms with Crippen molar-refractivity contribution in [3.05, 3.63) is 58.6 Å². The predicted octanol–water partition coefficient (Wildman–Crippen LogP) is 2.45. The highest BCUT2D eigenvalue weighted by Gasteiger charge is 2.15. The van der Waals surface area contributed by atoms with Gasteiger partial charge in [0.15, 0.2) is 6.23 Å². The van der Waals surface area contributed by atoms with Crippen LogP contribution in [0, 0.1) is 10.1 Å². The summed E-state index contributed by atoms with van der Waals surface area (Å²) in [5.74, 6) is 0.414. The predicted molar refractivity (Wildman–Crippen MR) is 84.2 cm³/mol. The van der Waals surface area contributed by atoms with Gasteiger partial charge in [0, 0.05) is 24.9 Å². The van der Waals surface area contributed by atoms with Crippen molar-refractivity contribution >= 4 is 17.1 Å². The molecular weight excluding hydrogens is 286 g/mol. The van der Waals surface area contributed by atoms with Crippen LogP contribution >= 0.6 is 0 Å². The Hall–Kier alpha value is -2.80. The van der Waals surface area contributed by atoms with E-state index in [9.17, 15) is 15.2 Å². The lowest BCUT2D eigenvalue weighted by molar-refractivity contribution is -0.384. The molecule has 22 heavy (non-hydrogen) atoms. The maximum atomic E-state index is 10.9. The van der Waals surface area contributed by atoms with Crippen molar-refractivity contribution in [2.45, 2.75) is 6.23 Å². The second-order valence-corrected chi connectivity index (χ2v) is 4.49. The van der Waals surface area contributed by atoms with Crippen LogP contribution in [-0.4, -0.2) is 29.9 Å². The van der Waals surface area contributed by atoms with Gasteiger partial charge in [0.1, 0.15) is 11.4 Å². The molecule has 0 saturated carbocycles. The molecule has 0 amide bonds. The van der Waals surface area contributed by atoms with Gasteiger partial charge in [-0.2, -0.15) is 0 Å². The summed E-state index contributed by atoms with van der Waals surface area (Å²) in [4.78, 5) is 10.4. The summed E-state index contributed by atoms with van der Waals surface area (Å²) in [6, 6.07) is 13.7. The van der Waals surface area contributed by atoms with Crippen molar-refractivity contribution in [2.75, 3.05) is 24.3 Å². The average Bonchev–Trinajstić information content (AvgIpc) is 2.54. The van der Waals surface area contributed by atoms with Gasteiger partial charge in [-0.1, -0.05) is 18.2 Å². The Morgan fingerprint density at radius 1 is 1.27 bits per heavy atom. The van der Waals surface area contributed by atoms with Crippen LogP contribution in [0.2, 0.25) is 0 Å². The molecule has 7 heteroatoms. The third-order valence-electron chi connectivity index (χ3n) is 2.98. The van der Waals surface area contributed by atoms with Gasteiger partial charge in [0.2, 0.25) is 0 Å². The number of hydrogen-bond donors (Lipinski definition) is 3. The largest absolute Gasteiger partial charge is 0.468 e. The van der Waals surface area contributed by atoms with E-state index in [1.165, 1.54) is 18.2 Å². The van der Waals surface area contributed by atoms with E-state index in [0.29, 0.717) is 11.4 Å². The van der Waals surface area contributed by atoms with Crippen LogP contribution in [0.3, 0.4) is 0 Å². The number of anilines is 2. The molecule has 7 nitrogen and oxygen atoms in total. The molecule has 0 aliphatic heterocycles. The number of nitrogens with one attached hydrogen (secondary N) is 2. The van der Waals surface area contributed by atoms with Crippen molar-refractivity contribution < 1.29 is 14.8 Å². The number of rotatable bonds is 7. The molecule has 0 radical (unpaired) electrons. The molecule has 1 atom stereocenters. The number of nitro groups is 1. The Kier molecular flexibility index (Phi) is 5.16. The second kappa shape index (κ2) is 7.28. The van der Waals surface area contributed by atoms with Crippen molar-refractivity contribution in [1.82, 2.24) is 0 Å². The monoisotopic (exact) mass is 303 g/mol.